The van der Waals surface area contributed by atoms with Crippen molar-refractivity contribution in [1.29, 1.82) is 0 Å². The van der Waals surface area contributed by atoms with Gasteiger partial charge in [0.05, 0.1) is 0 Å². The number of likely N-dealkylation sites (tertiary alicyclic amines) is 2. The summed E-state index contributed by atoms with van der Waals surface area (Å²) in [6.45, 7) is 9.51. The molecule has 0 saturated carbocycles. The van der Waals surface area contributed by atoms with E-state index in [-0.39, 0.29) is 24.0 Å². The number of nitrogens with one attached hydrogen (secondary N) is 2. The van der Waals surface area contributed by atoms with Crippen LogP contribution in [0, 0.1) is 5.92 Å². The van der Waals surface area contributed by atoms with E-state index in [4.69, 9.17) is 0 Å². The molecule has 0 radical (unpaired) electrons. The predicted molar refractivity (Wildman–Crippen MR) is 115 cm³/mol. The summed E-state index contributed by atoms with van der Waals surface area (Å²) in [5, 5.41) is 7.14. The molecule has 2 rings (SSSR count). The Morgan fingerprint density at radius 2 is 1.75 bits per heavy atom. The van der Waals surface area contributed by atoms with Gasteiger partial charge in [-0.1, -0.05) is 6.92 Å². The second-order valence-corrected chi connectivity index (χ2v) is 7.29. The van der Waals surface area contributed by atoms with E-state index in [9.17, 15) is 0 Å². The SMILES string of the molecule is CCCN1CCC(NC(=NC)NCCC2CCN(C)CC2)CC1.I. The van der Waals surface area contributed by atoms with Gasteiger partial charge in [-0.05, 0) is 71.1 Å². The van der Waals surface area contributed by atoms with Crippen LogP contribution in [-0.4, -0.2) is 75.2 Å². The third-order valence-electron chi connectivity index (χ3n) is 5.38. The van der Waals surface area contributed by atoms with Gasteiger partial charge in [-0.3, -0.25) is 4.99 Å². The first kappa shape index (κ1) is 22.0. The molecule has 2 heterocycles. The lowest BCUT2D eigenvalue weighted by Gasteiger charge is -2.33. The molecule has 0 aromatic heterocycles. The van der Waals surface area contributed by atoms with Crippen molar-refractivity contribution in [2.75, 3.05) is 53.4 Å². The molecule has 5 nitrogen and oxygen atoms in total. The van der Waals surface area contributed by atoms with Crippen LogP contribution in [0.2, 0.25) is 0 Å². The average Bonchev–Trinajstić information content (AvgIpc) is 2.57. The Morgan fingerprint density at radius 3 is 2.33 bits per heavy atom. The molecule has 0 amide bonds. The molecule has 0 aliphatic carbocycles. The number of halogens is 1. The van der Waals surface area contributed by atoms with E-state index in [0.29, 0.717) is 6.04 Å². The summed E-state index contributed by atoms with van der Waals surface area (Å²) < 4.78 is 0. The lowest BCUT2D eigenvalue weighted by Crippen LogP contribution is -2.49. The van der Waals surface area contributed by atoms with Crippen LogP contribution in [0.15, 0.2) is 4.99 Å². The first-order valence-electron chi connectivity index (χ1n) is 9.59. The van der Waals surface area contributed by atoms with Gasteiger partial charge in [0.15, 0.2) is 5.96 Å². The normalized spacial score (nSPS) is 22.2. The van der Waals surface area contributed by atoms with Crippen LogP contribution in [0.4, 0.5) is 0 Å². The Morgan fingerprint density at radius 1 is 1.08 bits per heavy atom. The van der Waals surface area contributed by atoms with Crippen LogP contribution in [0.1, 0.15) is 45.4 Å². The average molecular weight is 451 g/mol. The highest BCUT2D eigenvalue weighted by Crippen LogP contribution is 2.18. The minimum atomic E-state index is 0. The van der Waals surface area contributed by atoms with Crippen molar-refractivity contribution >= 4 is 29.9 Å². The number of aliphatic imine (C=N–C) groups is 1. The van der Waals surface area contributed by atoms with Gasteiger partial charge in [0, 0.05) is 32.7 Å². The quantitative estimate of drug-likeness (QED) is 0.370. The van der Waals surface area contributed by atoms with E-state index >= 15 is 0 Å². The molecule has 2 fully saturated rings. The third-order valence-corrected chi connectivity index (χ3v) is 5.38. The molecule has 24 heavy (non-hydrogen) atoms. The zero-order chi connectivity index (χ0) is 16.5. The molecule has 6 heteroatoms. The topological polar surface area (TPSA) is 42.9 Å². The molecular formula is C18H38IN5. The number of piperidine rings is 2. The molecular weight excluding hydrogens is 413 g/mol. The molecule has 2 aliphatic heterocycles. The minimum absolute atomic E-state index is 0. The molecule has 0 atom stereocenters. The lowest BCUT2D eigenvalue weighted by atomic mass is 9.94. The molecule has 2 aliphatic rings. The van der Waals surface area contributed by atoms with Crippen LogP contribution >= 0.6 is 24.0 Å². The van der Waals surface area contributed by atoms with E-state index in [1.54, 1.807) is 0 Å². The van der Waals surface area contributed by atoms with E-state index in [1.165, 1.54) is 71.2 Å². The van der Waals surface area contributed by atoms with Crippen LogP contribution < -0.4 is 10.6 Å². The second-order valence-electron chi connectivity index (χ2n) is 7.29. The lowest BCUT2D eigenvalue weighted by molar-refractivity contribution is 0.205. The highest BCUT2D eigenvalue weighted by Gasteiger charge is 2.20. The zero-order valence-corrected chi connectivity index (χ0v) is 18.2. The first-order chi connectivity index (χ1) is 11.2. The van der Waals surface area contributed by atoms with Gasteiger partial charge < -0.3 is 20.4 Å². The molecule has 2 saturated heterocycles. The van der Waals surface area contributed by atoms with Crippen molar-refractivity contribution in [2.45, 2.75) is 51.5 Å². The Labute approximate surface area is 166 Å². The molecule has 142 valence electrons. The van der Waals surface area contributed by atoms with Crippen molar-refractivity contribution in [3.05, 3.63) is 0 Å². The number of hydrogen-bond acceptors (Lipinski definition) is 3. The van der Waals surface area contributed by atoms with Crippen molar-refractivity contribution in [1.82, 2.24) is 20.4 Å². The van der Waals surface area contributed by atoms with Gasteiger partial charge in [-0.15, -0.1) is 24.0 Å². The van der Waals surface area contributed by atoms with Crippen molar-refractivity contribution in [2.24, 2.45) is 10.9 Å². The van der Waals surface area contributed by atoms with E-state index in [2.05, 4.69) is 39.4 Å². The summed E-state index contributed by atoms with van der Waals surface area (Å²) in [4.78, 5) is 9.42. The van der Waals surface area contributed by atoms with Gasteiger partial charge in [-0.25, -0.2) is 0 Å². The van der Waals surface area contributed by atoms with Crippen LogP contribution in [0.3, 0.4) is 0 Å². The van der Waals surface area contributed by atoms with E-state index < -0.39 is 0 Å². The minimum Gasteiger partial charge on any atom is -0.356 e. The van der Waals surface area contributed by atoms with Gasteiger partial charge in [0.25, 0.3) is 0 Å². The number of nitrogens with zero attached hydrogens (tertiary/aromatic N) is 3. The Hall–Kier alpha value is -0.0800. The summed E-state index contributed by atoms with van der Waals surface area (Å²) in [7, 11) is 4.11. The summed E-state index contributed by atoms with van der Waals surface area (Å²) in [5.74, 6) is 1.88. The Bertz CT molecular complexity index is 347. The molecule has 0 aromatic rings. The Kier molecular flexibility index (Phi) is 11.3. The maximum absolute atomic E-state index is 4.40. The number of guanidine groups is 1. The monoisotopic (exact) mass is 451 g/mol. The van der Waals surface area contributed by atoms with Gasteiger partial charge >= 0.3 is 0 Å². The number of rotatable bonds is 6. The fourth-order valence-electron chi connectivity index (χ4n) is 3.75. The smallest absolute Gasteiger partial charge is 0.191 e. The maximum atomic E-state index is 4.40. The predicted octanol–water partition coefficient (Wildman–Crippen LogP) is 2.38. The van der Waals surface area contributed by atoms with Gasteiger partial charge in [0.2, 0.25) is 0 Å². The summed E-state index contributed by atoms with van der Waals surface area (Å²) in [6, 6.07) is 0.581. The largest absolute Gasteiger partial charge is 0.356 e. The molecule has 0 aromatic carbocycles. The summed E-state index contributed by atoms with van der Waals surface area (Å²) in [6.07, 6.45) is 7.69. The van der Waals surface area contributed by atoms with Crippen LogP contribution in [-0.2, 0) is 0 Å². The van der Waals surface area contributed by atoms with Crippen LogP contribution in [0.5, 0.6) is 0 Å². The molecule has 0 spiro atoms. The van der Waals surface area contributed by atoms with Crippen molar-refractivity contribution in [3.63, 3.8) is 0 Å². The number of hydrogen-bond donors (Lipinski definition) is 2. The maximum Gasteiger partial charge on any atom is 0.191 e. The third kappa shape index (κ3) is 7.87. The highest BCUT2D eigenvalue weighted by atomic mass is 127. The van der Waals surface area contributed by atoms with Gasteiger partial charge in [-0.2, -0.15) is 0 Å². The highest BCUT2D eigenvalue weighted by molar-refractivity contribution is 14.0. The van der Waals surface area contributed by atoms with E-state index in [0.717, 1.165) is 18.4 Å². The molecule has 0 bridgehead atoms. The van der Waals surface area contributed by atoms with Crippen LogP contribution in [0.25, 0.3) is 0 Å². The summed E-state index contributed by atoms with van der Waals surface area (Å²) >= 11 is 0. The fraction of sp³-hybridized carbons (Fsp3) is 0.944. The van der Waals surface area contributed by atoms with Crippen molar-refractivity contribution < 1.29 is 0 Å². The fourth-order valence-corrected chi connectivity index (χ4v) is 3.75. The van der Waals surface area contributed by atoms with Gasteiger partial charge in [0.1, 0.15) is 0 Å². The second kappa shape index (κ2) is 12.3. The standard InChI is InChI=1S/C18H37N5.HI/c1-4-11-23-14-8-17(9-15-23)21-18(19-2)20-10-5-16-6-12-22(3)13-7-16;/h16-17H,4-15H2,1-3H3,(H2,19,20,21);1H. The molecule has 2 N–H and O–H groups in total. The molecule has 0 unspecified atom stereocenters. The summed E-state index contributed by atoms with van der Waals surface area (Å²) in [5.41, 5.74) is 0. The van der Waals surface area contributed by atoms with Crippen molar-refractivity contribution in [3.8, 4) is 0 Å². The Balaban J connectivity index is 0.00000288. The first-order valence-corrected chi connectivity index (χ1v) is 9.59. The van der Waals surface area contributed by atoms with E-state index in [1.807, 2.05) is 7.05 Å². The zero-order valence-electron chi connectivity index (χ0n) is 15.9.